The van der Waals surface area contributed by atoms with E-state index in [1.807, 2.05) is 42.0 Å². The average molecular weight is 258 g/mol. The first-order chi connectivity index (χ1) is 9.08. The minimum atomic E-state index is -0.501. The van der Waals surface area contributed by atoms with Gasteiger partial charge in [0.05, 0.1) is 18.4 Å². The smallest absolute Gasteiger partial charge is 0.237 e. The molecule has 0 saturated carbocycles. The van der Waals surface area contributed by atoms with Gasteiger partial charge in [-0.2, -0.15) is 0 Å². The number of amides is 1. The molecule has 19 heavy (non-hydrogen) atoms. The molecule has 100 valence electrons. The highest BCUT2D eigenvalue weighted by Gasteiger charge is 2.13. The molecule has 0 aliphatic heterocycles. The molecule has 3 N–H and O–H groups in total. The molecule has 0 radical (unpaired) electrons. The Balaban J connectivity index is 2.17. The van der Waals surface area contributed by atoms with Gasteiger partial charge in [0.25, 0.3) is 0 Å². The van der Waals surface area contributed by atoms with E-state index < -0.39 is 6.04 Å². The number of hydrogen-bond acceptors (Lipinski definition) is 3. The summed E-state index contributed by atoms with van der Waals surface area (Å²) in [5.41, 5.74) is 7.58. The number of aromatic nitrogens is 2. The van der Waals surface area contributed by atoms with Crippen molar-refractivity contribution < 1.29 is 4.79 Å². The van der Waals surface area contributed by atoms with Crippen LogP contribution >= 0.6 is 0 Å². The van der Waals surface area contributed by atoms with Crippen LogP contribution in [0.15, 0.2) is 43.0 Å². The van der Waals surface area contributed by atoms with Gasteiger partial charge >= 0.3 is 0 Å². The van der Waals surface area contributed by atoms with Crippen molar-refractivity contribution in [2.45, 2.75) is 25.9 Å². The van der Waals surface area contributed by atoms with Gasteiger partial charge in [-0.15, -0.1) is 0 Å². The molecule has 0 aliphatic carbocycles. The Kier molecular flexibility index (Phi) is 3.97. The third-order valence-electron chi connectivity index (χ3n) is 2.95. The van der Waals surface area contributed by atoms with E-state index >= 15 is 0 Å². The minimum absolute atomic E-state index is 0.0815. The molecule has 0 aliphatic rings. The van der Waals surface area contributed by atoms with Crippen LogP contribution in [0.3, 0.4) is 0 Å². The van der Waals surface area contributed by atoms with Gasteiger partial charge in [-0.05, 0) is 31.5 Å². The number of carbonyl (C=O) groups excluding carboxylic acids is 1. The van der Waals surface area contributed by atoms with Crippen LogP contribution in [0.5, 0.6) is 0 Å². The largest absolute Gasteiger partial charge is 0.348 e. The maximum Gasteiger partial charge on any atom is 0.237 e. The van der Waals surface area contributed by atoms with Crippen molar-refractivity contribution >= 4 is 5.91 Å². The Hall–Kier alpha value is -2.14. The van der Waals surface area contributed by atoms with Gasteiger partial charge in [0.1, 0.15) is 0 Å². The lowest BCUT2D eigenvalue weighted by Gasteiger charge is -2.17. The highest BCUT2D eigenvalue weighted by Crippen LogP contribution is 2.16. The topological polar surface area (TPSA) is 72.9 Å². The summed E-state index contributed by atoms with van der Waals surface area (Å²) in [6.45, 7) is 3.61. The molecule has 0 spiro atoms. The number of nitrogens with zero attached hydrogens (tertiary/aromatic N) is 2. The molecule has 1 heterocycles. The van der Waals surface area contributed by atoms with E-state index in [1.54, 1.807) is 19.4 Å². The first kappa shape index (κ1) is 13.3. The van der Waals surface area contributed by atoms with Gasteiger partial charge in [-0.1, -0.05) is 12.1 Å². The number of imidazole rings is 1. The maximum atomic E-state index is 11.6. The fraction of sp³-hybridized carbons (Fsp3) is 0.286. The highest BCUT2D eigenvalue weighted by atomic mass is 16.2. The number of nitrogens with one attached hydrogen (secondary N) is 1. The molecule has 5 heteroatoms. The molecule has 2 rings (SSSR count). The maximum absolute atomic E-state index is 11.6. The standard InChI is InChI=1S/C14H18N4O/c1-10(15)14(19)17-11(2)12-4-3-5-13(8-12)18-7-6-16-9-18/h3-11H,15H2,1-2H3,(H,17,19)/t10-,11?/m1/s1. The SMILES string of the molecule is CC(NC(=O)[C@@H](C)N)c1cccc(-n2ccnc2)c1. The lowest BCUT2D eigenvalue weighted by atomic mass is 10.1. The monoisotopic (exact) mass is 258 g/mol. The third kappa shape index (κ3) is 3.20. The summed E-state index contributed by atoms with van der Waals surface area (Å²) < 4.78 is 1.92. The molecule has 5 nitrogen and oxygen atoms in total. The summed E-state index contributed by atoms with van der Waals surface area (Å²) in [7, 11) is 0. The molecular weight excluding hydrogens is 240 g/mol. The van der Waals surface area contributed by atoms with Gasteiger partial charge in [0.2, 0.25) is 5.91 Å². The number of nitrogens with two attached hydrogens (primary N) is 1. The second-order valence-corrected chi connectivity index (χ2v) is 4.58. The lowest BCUT2D eigenvalue weighted by molar-refractivity contribution is -0.122. The van der Waals surface area contributed by atoms with Crippen LogP contribution < -0.4 is 11.1 Å². The molecule has 1 aromatic heterocycles. The van der Waals surface area contributed by atoms with Crippen molar-refractivity contribution in [1.29, 1.82) is 0 Å². The van der Waals surface area contributed by atoms with Crippen LogP contribution in [0.4, 0.5) is 0 Å². The first-order valence-corrected chi connectivity index (χ1v) is 6.22. The highest BCUT2D eigenvalue weighted by molar-refractivity contribution is 5.81. The first-order valence-electron chi connectivity index (χ1n) is 6.22. The van der Waals surface area contributed by atoms with E-state index in [9.17, 15) is 4.79 Å². The van der Waals surface area contributed by atoms with Crippen LogP contribution in [0.2, 0.25) is 0 Å². The van der Waals surface area contributed by atoms with Gasteiger partial charge < -0.3 is 15.6 Å². The third-order valence-corrected chi connectivity index (χ3v) is 2.95. The molecule has 0 saturated heterocycles. The zero-order chi connectivity index (χ0) is 13.8. The van der Waals surface area contributed by atoms with Crippen molar-refractivity contribution in [3.8, 4) is 5.69 Å². The Bertz CT molecular complexity index is 548. The predicted octanol–water partition coefficient (Wildman–Crippen LogP) is 1.40. The van der Waals surface area contributed by atoms with Crippen LogP contribution in [0.25, 0.3) is 5.69 Å². The van der Waals surface area contributed by atoms with E-state index in [0.29, 0.717) is 0 Å². The van der Waals surface area contributed by atoms with Crippen molar-refractivity contribution in [3.63, 3.8) is 0 Å². The van der Waals surface area contributed by atoms with E-state index in [0.717, 1.165) is 11.3 Å². The van der Waals surface area contributed by atoms with Crippen LogP contribution in [-0.2, 0) is 4.79 Å². The quantitative estimate of drug-likeness (QED) is 0.870. The van der Waals surface area contributed by atoms with Crippen LogP contribution in [0, 0.1) is 0 Å². The summed E-state index contributed by atoms with van der Waals surface area (Å²) in [6, 6.07) is 7.37. The Morgan fingerprint density at radius 3 is 2.84 bits per heavy atom. The van der Waals surface area contributed by atoms with E-state index in [1.165, 1.54) is 0 Å². The van der Waals surface area contributed by atoms with Gasteiger partial charge in [-0.25, -0.2) is 4.98 Å². The Labute approximate surface area is 112 Å². The summed E-state index contributed by atoms with van der Waals surface area (Å²) in [5.74, 6) is -0.152. The molecule has 1 aromatic carbocycles. The second kappa shape index (κ2) is 5.67. The van der Waals surface area contributed by atoms with Crippen molar-refractivity contribution in [2.24, 2.45) is 5.73 Å². The average Bonchev–Trinajstić information content (AvgIpc) is 2.92. The van der Waals surface area contributed by atoms with Gasteiger partial charge in [0, 0.05) is 18.1 Å². The van der Waals surface area contributed by atoms with E-state index in [2.05, 4.69) is 10.3 Å². The molecular formula is C14H18N4O. The van der Waals surface area contributed by atoms with E-state index in [4.69, 9.17) is 5.73 Å². The fourth-order valence-corrected chi connectivity index (χ4v) is 1.79. The van der Waals surface area contributed by atoms with Crippen molar-refractivity contribution in [3.05, 3.63) is 48.5 Å². The number of hydrogen-bond donors (Lipinski definition) is 2. The zero-order valence-electron chi connectivity index (χ0n) is 11.1. The van der Waals surface area contributed by atoms with Crippen LogP contribution in [-0.4, -0.2) is 21.5 Å². The summed E-state index contributed by atoms with van der Waals surface area (Å²) in [6.07, 6.45) is 5.35. The normalized spacial score (nSPS) is 13.8. The number of rotatable bonds is 4. The molecule has 2 atom stereocenters. The van der Waals surface area contributed by atoms with Gasteiger partial charge in [-0.3, -0.25) is 4.79 Å². The van der Waals surface area contributed by atoms with Gasteiger partial charge in [0.15, 0.2) is 0 Å². The summed E-state index contributed by atoms with van der Waals surface area (Å²) in [5, 5.41) is 2.88. The molecule has 1 unspecified atom stereocenters. The molecule has 1 amide bonds. The van der Waals surface area contributed by atoms with Crippen molar-refractivity contribution in [1.82, 2.24) is 14.9 Å². The lowest BCUT2D eigenvalue weighted by Crippen LogP contribution is -2.39. The number of benzene rings is 1. The minimum Gasteiger partial charge on any atom is -0.348 e. The second-order valence-electron chi connectivity index (χ2n) is 4.58. The summed E-state index contributed by atoms with van der Waals surface area (Å²) in [4.78, 5) is 15.6. The molecule has 2 aromatic rings. The van der Waals surface area contributed by atoms with E-state index in [-0.39, 0.29) is 11.9 Å². The van der Waals surface area contributed by atoms with Crippen LogP contribution in [0.1, 0.15) is 25.5 Å². The fourth-order valence-electron chi connectivity index (χ4n) is 1.79. The Morgan fingerprint density at radius 1 is 1.42 bits per heavy atom. The molecule has 0 fully saturated rings. The molecule has 0 bridgehead atoms. The van der Waals surface area contributed by atoms with Crippen molar-refractivity contribution in [2.75, 3.05) is 0 Å². The zero-order valence-corrected chi connectivity index (χ0v) is 11.1. The predicted molar refractivity (Wildman–Crippen MR) is 73.8 cm³/mol. The Morgan fingerprint density at radius 2 is 2.21 bits per heavy atom. The summed E-state index contributed by atoms with van der Waals surface area (Å²) >= 11 is 0. The number of carbonyl (C=O) groups is 1.